The van der Waals surface area contributed by atoms with Gasteiger partial charge in [-0.15, -0.1) is 0 Å². The third-order valence-corrected chi connectivity index (χ3v) is 7.57. The Morgan fingerprint density at radius 3 is 2.03 bits per heavy atom. The minimum Gasteiger partial charge on any atom is -0.468 e. The Morgan fingerprint density at radius 2 is 1.46 bits per heavy atom. The monoisotopic (exact) mass is 470 g/mol. The Bertz CT molecular complexity index is 1070. The summed E-state index contributed by atoms with van der Waals surface area (Å²) >= 11 is 0. The Labute approximate surface area is 210 Å². The molecule has 1 saturated heterocycles. The molecule has 3 aromatic carbocycles. The summed E-state index contributed by atoms with van der Waals surface area (Å²) in [5.74, 6) is -0.120. The molecule has 1 atom stereocenters. The SMILES string of the molecule is CCC(CCCN1CCN(c2ccc(-c3ccc(C)cc3)cc2)CC1)(C(=O)OC)c1ccccc1. The number of aryl methyl sites for hydroxylation is 1. The van der Waals surface area contributed by atoms with Crippen LogP contribution in [0.5, 0.6) is 0 Å². The number of piperazine rings is 1. The van der Waals surface area contributed by atoms with E-state index < -0.39 is 5.41 Å². The van der Waals surface area contributed by atoms with Crippen LogP contribution in [-0.4, -0.2) is 50.7 Å². The molecule has 1 aliphatic rings. The van der Waals surface area contributed by atoms with Gasteiger partial charge >= 0.3 is 5.97 Å². The van der Waals surface area contributed by atoms with Crippen LogP contribution in [0.15, 0.2) is 78.9 Å². The number of benzene rings is 3. The standard InChI is InChI=1S/C31H38N2O2/c1-4-31(30(34)35-3,28-9-6-5-7-10-28)19-8-20-32-21-23-33(24-22-32)29-17-15-27(16-18-29)26-13-11-25(2)12-14-26/h5-7,9-18H,4,8,19-24H2,1-3H3. The number of hydrogen-bond acceptors (Lipinski definition) is 4. The van der Waals surface area contributed by atoms with Crippen molar-refractivity contribution in [3.05, 3.63) is 90.0 Å². The fourth-order valence-corrected chi connectivity index (χ4v) is 5.29. The molecule has 0 aromatic heterocycles. The maximum Gasteiger partial charge on any atom is 0.316 e. The number of hydrogen-bond donors (Lipinski definition) is 0. The van der Waals surface area contributed by atoms with Gasteiger partial charge < -0.3 is 9.64 Å². The van der Waals surface area contributed by atoms with Crippen LogP contribution in [0.1, 0.15) is 37.3 Å². The van der Waals surface area contributed by atoms with Crippen molar-refractivity contribution in [1.82, 2.24) is 4.90 Å². The molecular formula is C31H38N2O2. The number of rotatable bonds is 9. The average molecular weight is 471 g/mol. The lowest BCUT2D eigenvalue weighted by atomic mass is 9.74. The second-order valence-electron chi connectivity index (χ2n) is 9.64. The van der Waals surface area contributed by atoms with Gasteiger partial charge in [0.2, 0.25) is 0 Å². The van der Waals surface area contributed by atoms with Crippen LogP contribution in [-0.2, 0) is 14.9 Å². The Morgan fingerprint density at radius 1 is 0.857 bits per heavy atom. The van der Waals surface area contributed by atoms with Crippen molar-refractivity contribution in [2.24, 2.45) is 0 Å². The molecule has 4 heteroatoms. The second-order valence-corrected chi connectivity index (χ2v) is 9.64. The number of ether oxygens (including phenoxy) is 1. The molecule has 0 spiro atoms. The van der Waals surface area contributed by atoms with E-state index in [0.29, 0.717) is 0 Å². The van der Waals surface area contributed by atoms with Gasteiger partial charge in [0, 0.05) is 31.9 Å². The lowest BCUT2D eigenvalue weighted by molar-refractivity contribution is -0.148. The zero-order valence-electron chi connectivity index (χ0n) is 21.4. The van der Waals surface area contributed by atoms with Crippen molar-refractivity contribution < 1.29 is 9.53 Å². The van der Waals surface area contributed by atoms with Crippen LogP contribution in [0.3, 0.4) is 0 Å². The van der Waals surface area contributed by atoms with Crippen LogP contribution in [0, 0.1) is 6.92 Å². The lowest BCUT2D eigenvalue weighted by Crippen LogP contribution is -2.47. The maximum atomic E-state index is 12.8. The largest absolute Gasteiger partial charge is 0.468 e. The molecule has 4 rings (SSSR count). The molecule has 0 radical (unpaired) electrons. The maximum absolute atomic E-state index is 12.8. The van der Waals surface area contributed by atoms with Crippen molar-refractivity contribution in [2.75, 3.05) is 44.7 Å². The van der Waals surface area contributed by atoms with Gasteiger partial charge in [-0.25, -0.2) is 0 Å². The first-order chi connectivity index (χ1) is 17.1. The predicted molar refractivity (Wildman–Crippen MR) is 145 cm³/mol. The Kier molecular flexibility index (Phi) is 8.25. The second kappa shape index (κ2) is 11.5. The Hall–Kier alpha value is -3.11. The van der Waals surface area contributed by atoms with Crippen LogP contribution in [0.2, 0.25) is 0 Å². The molecule has 0 amide bonds. The average Bonchev–Trinajstić information content (AvgIpc) is 2.92. The van der Waals surface area contributed by atoms with E-state index in [9.17, 15) is 4.79 Å². The van der Waals surface area contributed by atoms with Crippen LogP contribution >= 0.6 is 0 Å². The fraction of sp³-hybridized carbons (Fsp3) is 0.387. The van der Waals surface area contributed by atoms with Crippen LogP contribution in [0.4, 0.5) is 5.69 Å². The molecule has 0 bridgehead atoms. The van der Waals surface area contributed by atoms with Gasteiger partial charge in [-0.05, 0) is 61.6 Å². The number of carbonyl (C=O) groups excluding carboxylic acids is 1. The number of anilines is 1. The van der Waals surface area contributed by atoms with Crippen molar-refractivity contribution in [3.63, 3.8) is 0 Å². The predicted octanol–water partition coefficient (Wildman–Crippen LogP) is 6.09. The van der Waals surface area contributed by atoms with E-state index in [0.717, 1.165) is 57.5 Å². The Balaban J connectivity index is 1.30. The van der Waals surface area contributed by atoms with E-state index in [1.165, 1.54) is 29.5 Å². The number of carbonyl (C=O) groups is 1. The molecule has 35 heavy (non-hydrogen) atoms. The van der Waals surface area contributed by atoms with E-state index in [-0.39, 0.29) is 5.97 Å². The van der Waals surface area contributed by atoms with E-state index in [2.05, 4.69) is 84.3 Å². The minimum absolute atomic E-state index is 0.120. The van der Waals surface area contributed by atoms with Crippen molar-refractivity contribution in [3.8, 4) is 11.1 Å². The molecule has 1 aliphatic heterocycles. The normalized spacial score (nSPS) is 16.0. The number of methoxy groups -OCH3 is 1. The molecule has 0 aliphatic carbocycles. The summed E-state index contributed by atoms with van der Waals surface area (Å²) in [6.07, 6.45) is 2.53. The first-order valence-corrected chi connectivity index (χ1v) is 12.8. The first-order valence-electron chi connectivity index (χ1n) is 12.8. The number of esters is 1. The highest BCUT2D eigenvalue weighted by Crippen LogP contribution is 2.34. The molecule has 184 valence electrons. The fourth-order valence-electron chi connectivity index (χ4n) is 5.29. The minimum atomic E-state index is -0.559. The summed E-state index contributed by atoms with van der Waals surface area (Å²) < 4.78 is 5.25. The molecule has 1 fully saturated rings. The van der Waals surface area contributed by atoms with Crippen LogP contribution in [0.25, 0.3) is 11.1 Å². The quantitative estimate of drug-likeness (QED) is 0.355. The van der Waals surface area contributed by atoms with E-state index in [1.807, 2.05) is 18.2 Å². The van der Waals surface area contributed by atoms with E-state index >= 15 is 0 Å². The van der Waals surface area contributed by atoms with Crippen molar-refractivity contribution >= 4 is 11.7 Å². The molecule has 3 aromatic rings. The highest BCUT2D eigenvalue weighted by atomic mass is 16.5. The molecule has 1 heterocycles. The van der Waals surface area contributed by atoms with Gasteiger partial charge in [-0.2, -0.15) is 0 Å². The van der Waals surface area contributed by atoms with Gasteiger partial charge in [0.15, 0.2) is 0 Å². The zero-order valence-corrected chi connectivity index (χ0v) is 21.4. The highest BCUT2D eigenvalue weighted by molar-refractivity contribution is 5.83. The summed E-state index contributed by atoms with van der Waals surface area (Å²) in [5.41, 5.74) is 5.60. The highest BCUT2D eigenvalue weighted by Gasteiger charge is 2.39. The smallest absolute Gasteiger partial charge is 0.316 e. The van der Waals surface area contributed by atoms with Gasteiger partial charge in [0.1, 0.15) is 0 Å². The molecule has 1 unspecified atom stereocenters. The lowest BCUT2D eigenvalue weighted by Gasteiger charge is -2.37. The van der Waals surface area contributed by atoms with E-state index in [1.54, 1.807) is 0 Å². The first kappa shape index (κ1) is 25.0. The summed E-state index contributed by atoms with van der Waals surface area (Å²) in [6.45, 7) is 9.36. The van der Waals surface area contributed by atoms with Gasteiger partial charge in [-0.3, -0.25) is 9.69 Å². The van der Waals surface area contributed by atoms with Crippen molar-refractivity contribution in [1.29, 1.82) is 0 Å². The van der Waals surface area contributed by atoms with Gasteiger partial charge in [0.05, 0.1) is 12.5 Å². The summed E-state index contributed by atoms with van der Waals surface area (Å²) in [5, 5.41) is 0. The van der Waals surface area contributed by atoms with Crippen LogP contribution < -0.4 is 4.90 Å². The number of nitrogens with zero attached hydrogens (tertiary/aromatic N) is 2. The molecule has 0 saturated carbocycles. The zero-order chi connectivity index (χ0) is 24.7. The molecule has 0 N–H and O–H groups in total. The summed E-state index contributed by atoms with van der Waals surface area (Å²) in [7, 11) is 1.50. The third kappa shape index (κ3) is 5.76. The summed E-state index contributed by atoms with van der Waals surface area (Å²) in [6, 6.07) is 27.8. The van der Waals surface area contributed by atoms with Gasteiger partial charge in [0.25, 0.3) is 0 Å². The third-order valence-electron chi connectivity index (χ3n) is 7.57. The molecular weight excluding hydrogens is 432 g/mol. The summed E-state index contributed by atoms with van der Waals surface area (Å²) in [4.78, 5) is 17.8. The van der Waals surface area contributed by atoms with E-state index in [4.69, 9.17) is 4.74 Å². The van der Waals surface area contributed by atoms with Crippen molar-refractivity contribution in [2.45, 2.75) is 38.5 Å². The van der Waals surface area contributed by atoms with Gasteiger partial charge in [-0.1, -0.05) is 79.2 Å². The topological polar surface area (TPSA) is 32.8 Å². The molecule has 4 nitrogen and oxygen atoms in total.